The van der Waals surface area contributed by atoms with E-state index in [4.69, 9.17) is 18.9 Å². The molecule has 1 aliphatic rings. The topological polar surface area (TPSA) is 73.3 Å². The summed E-state index contributed by atoms with van der Waals surface area (Å²) in [7, 11) is 3.35. The number of methoxy groups -OCH3 is 1. The predicted molar refractivity (Wildman–Crippen MR) is 125 cm³/mol. The van der Waals surface area contributed by atoms with Crippen LogP contribution in [0.5, 0.6) is 23.0 Å². The van der Waals surface area contributed by atoms with Crippen molar-refractivity contribution in [3.63, 3.8) is 0 Å². The molecule has 0 amide bonds. The van der Waals surface area contributed by atoms with Crippen LogP contribution in [0.25, 0.3) is 0 Å². The van der Waals surface area contributed by atoms with Gasteiger partial charge < -0.3 is 29.6 Å². The molecule has 0 saturated carbocycles. The number of benzene rings is 2. The Hall–Kier alpha value is -2.36. The van der Waals surface area contributed by atoms with Gasteiger partial charge in [-0.25, -0.2) is 0 Å². The molecular formula is C21H28IN3O4. The van der Waals surface area contributed by atoms with Crippen molar-refractivity contribution in [1.29, 1.82) is 0 Å². The first-order valence-corrected chi connectivity index (χ1v) is 9.41. The van der Waals surface area contributed by atoms with Crippen molar-refractivity contribution >= 4 is 35.6 Å². The van der Waals surface area contributed by atoms with Gasteiger partial charge in [-0.1, -0.05) is 12.1 Å². The quantitative estimate of drug-likeness (QED) is 0.345. The van der Waals surface area contributed by atoms with E-state index in [2.05, 4.69) is 15.6 Å². The Bertz CT molecular complexity index is 830. The third-order valence-corrected chi connectivity index (χ3v) is 4.25. The molecule has 0 aromatic heterocycles. The van der Waals surface area contributed by atoms with Crippen LogP contribution < -0.4 is 29.6 Å². The van der Waals surface area contributed by atoms with Gasteiger partial charge in [0.15, 0.2) is 29.0 Å². The summed E-state index contributed by atoms with van der Waals surface area (Å²) in [5, 5.41) is 6.58. The zero-order valence-electron chi connectivity index (χ0n) is 17.0. The van der Waals surface area contributed by atoms with Crippen molar-refractivity contribution in [2.75, 3.05) is 39.3 Å². The first kappa shape index (κ1) is 22.9. The molecule has 2 aromatic rings. The smallest absolute Gasteiger partial charge is 0.195 e. The zero-order valence-corrected chi connectivity index (χ0v) is 19.3. The van der Waals surface area contributed by atoms with E-state index >= 15 is 0 Å². The lowest BCUT2D eigenvalue weighted by Crippen LogP contribution is -2.30. The summed E-state index contributed by atoms with van der Waals surface area (Å²) >= 11 is 0. The molecule has 0 fully saturated rings. The Balaban J connectivity index is 0.00000300. The number of hydrogen-bond acceptors (Lipinski definition) is 5. The van der Waals surface area contributed by atoms with E-state index in [0.717, 1.165) is 29.2 Å². The highest BCUT2D eigenvalue weighted by atomic mass is 127. The average molecular weight is 513 g/mol. The molecule has 29 heavy (non-hydrogen) atoms. The van der Waals surface area contributed by atoms with Crippen LogP contribution in [0.1, 0.15) is 18.9 Å². The maximum absolute atomic E-state index is 5.87. The van der Waals surface area contributed by atoms with Crippen molar-refractivity contribution in [2.24, 2.45) is 4.99 Å². The monoisotopic (exact) mass is 513 g/mol. The van der Waals surface area contributed by atoms with Crippen molar-refractivity contribution in [2.45, 2.75) is 19.9 Å². The number of hydrogen-bond donors (Lipinski definition) is 2. The number of ether oxygens (including phenoxy) is 4. The molecule has 0 radical (unpaired) electrons. The Labute approximate surface area is 188 Å². The molecule has 0 unspecified atom stereocenters. The first-order chi connectivity index (χ1) is 13.7. The number of para-hydroxylation sites is 1. The number of fused-ring (bicyclic) bond motifs is 1. The molecule has 7 nitrogen and oxygen atoms in total. The van der Waals surface area contributed by atoms with Crippen LogP contribution in [-0.4, -0.2) is 39.9 Å². The van der Waals surface area contributed by atoms with Crippen LogP contribution >= 0.6 is 24.0 Å². The van der Waals surface area contributed by atoms with Gasteiger partial charge in [0.25, 0.3) is 0 Å². The van der Waals surface area contributed by atoms with Crippen LogP contribution in [0.3, 0.4) is 0 Å². The van der Waals surface area contributed by atoms with Crippen molar-refractivity contribution in [1.82, 2.24) is 5.32 Å². The lowest BCUT2D eigenvalue weighted by Gasteiger charge is -2.16. The Morgan fingerprint density at radius 3 is 2.72 bits per heavy atom. The summed E-state index contributed by atoms with van der Waals surface area (Å²) in [5.74, 6) is 3.60. The summed E-state index contributed by atoms with van der Waals surface area (Å²) in [6, 6.07) is 11.6. The van der Waals surface area contributed by atoms with Crippen molar-refractivity contribution in [3.05, 3.63) is 42.0 Å². The van der Waals surface area contributed by atoms with E-state index < -0.39 is 0 Å². The van der Waals surface area contributed by atoms with Gasteiger partial charge in [-0.05, 0) is 25.1 Å². The van der Waals surface area contributed by atoms with Crippen LogP contribution in [0.15, 0.2) is 41.4 Å². The fourth-order valence-electron chi connectivity index (χ4n) is 2.91. The molecule has 3 rings (SSSR count). The second kappa shape index (κ2) is 11.6. The summed E-state index contributed by atoms with van der Waals surface area (Å²) in [6.07, 6.45) is 0.879. The molecule has 0 aliphatic carbocycles. The molecule has 8 heteroatoms. The van der Waals surface area contributed by atoms with E-state index in [-0.39, 0.29) is 24.0 Å². The zero-order chi connectivity index (χ0) is 19.8. The molecule has 2 aromatic carbocycles. The number of halogens is 1. The minimum Gasteiger partial charge on any atom is -0.493 e. The van der Waals surface area contributed by atoms with Gasteiger partial charge in [-0.2, -0.15) is 0 Å². The maximum atomic E-state index is 5.87. The van der Waals surface area contributed by atoms with Crippen LogP contribution in [0.2, 0.25) is 0 Å². The fourth-order valence-corrected chi connectivity index (χ4v) is 2.91. The highest BCUT2D eigenvalue weighted by Crippen LogP contribution is 2.33. The van der Waals surface area contributed by atoms with Crippen LogP contribution in [0, 0.1) is 0 Å². The largest absolute Gasteiger partial charge is 0.493 e. The second-order valence-corrected chi connectivity index (χ2v) is 6.14. The molecule has 1 heterocycles. The molecule has 0 spiro atoms. The van der Waals surface area contributed by atoms with Gasteiger partial charge >= 0.3 is 0 Å². The lowest BCUT2D eigenvalue weighted by molar-refractivity contribution is 0.296. The lowest BCUT2D eigenvalue weighted by atomic mass is 10.2. The van der Waals surface area contributed by atoms with Gasteiger partial charge in [-0.3, -0.25) is 4.99 Å². The van der Waals surface area contributed by atoms with E-state index in [1.54, 1.807) is 14.2 Å². The van der Waals surface area contributed by atoms with Gasteiger partial charge in [0.2, 0.25) is 0 Å². The Kier molecular flexibility index (Phi) is 9.17. The third-order valence-electron chi connectivity index (χ3n) is 4.25. The van der Waals surface area contributed by atoms with E-state index in [1.807, 2.05) is 43.3 Å². The summed E-state index contributed by atoms with van der Waals surface area (Å²) < 4.78 is 22.6. The number of rotatable bonds is 6. The number of anilines is 1. The second-order valence-electron chi connectivity index (χ2n) is 6.14. The highest BCUT2D eigenvalue weighted by molar-refractivity contribution is 14.0. The minimum absolute atomic E-state index is 0. The Morgan fingerprint density at radius 2 is 1.97 bits per heavy atom. The molecule has 2 N–H and O–H groups in total. The molecule has 1 aliphatic heterocycles. The van der Waals surface area contributed by atoms with Gasteiger partial charge in [-0.15, -0.1) is 24.0 Å². The number of nitrogens with zero attached hydrogens (tertiary/aromatic N) is 1. The van der Waals surface area contributed by atoms with E-state index in [9.17, 15) is 0 Å². The van der Waals surface area contributed by atoms with E-state index in [1.165, 1.54) is 0 Å². The molecule has 0 bridgehead atoms. The summed E-state index contributed by atoms with van der Waals surface area (Å²) in [6.45, 7) is 4.41. The number of aliphatic imine (C=N–C) groups is 1. The maximum Gasteiger partial charge on any atom is 0.195 e. The van der Waals surface area contributed by atoms with E-state index in [0.29, 0.717) is 43.8 Å². The Morgan fingerprint density at radius 1 is 1.14 bits per heavy atom. The van der Waals surface area contributed by atoms with Crippen LogP contribution in [0.4, 0.5) is 5.69 Å². The van der Waals surface area contributed by atoms with Gasteiger partial charge in [0.1, 0.15) is 0 Å². The van der Waals surface area contributed by atoms with Crippen LogP contribution in [-0.2, 0) is 6.54 Å². The molecule has 0 saturated heterocycles. The molecule has 158 valence electrons. The number of nitrogens with one attached hydrogen (secondary N) is 2. The van der Waals surface area contributed by atoms with Crippen molar-refractivity contribution < 1.29 is 18.9 Å². The van der Waals surface area contributed by atoms with Crippen molar-refractivity contribution in [3.8, 4) is 23.0 Å². The fraction of sp³-hybridized carbons (Fsp3) is 0.381. The SMILES string of the molecule is CCOc1ccc(NC(=NC)NCc2cccc3c2OCCCO3)cc1OC.I. The minimum atomic E-state index is 0. The number of guanidine groups is 1. The van der Waals surface area contributed by atoms with Gasteiger partial charge in [0.05, 0.1) is 26.9 Å². The molecule has 0 atom stereocenters. The first-order valence-electron chi connectivity index (χ1n) is 9.41. The predicted octanol–water partition coefficient (Wildman–Crippen LogP) is 4.06. The standard InChI is InChI=1S/C21H27N3O4.HI/c1-4-26-17-10-9-16(13-19(17)25-3)24-21(22-2)23-14-15-7-5-8-18-20(15)28-12-6-11-27-18;/h5,7-10,13H,4,6,11-12,14H2,1-3H3,(H2,22,23,24);1H. The highest BCUT2D eigenvalue weighted by Gasteiger charge is 2.15. The average Bonchev–Trinajstić information content (AvgIpc) is 2.98. The molecular weight excluding hydrogens is 485 g/mol. The van der Waals surface area contributed by atoms with Gasteiger partial charge in [0, 0.05) is 37.3 Å². The summed E-state index contributed by atoms with van der Waals surface area (Å²) in [5.41, 5.74) is 1.87. The third kappa shape index (κ3) is 6.06. The normalized spacial score (nSPS) is 13.0. The summed E-state index contributed by atoms with van der Waals surface area (Å²) in [4.78, 5) is 4.29.